The van der Waals surface area contributed by atoms with Crippen LogP contribution in [0, 0.1) is 12.8 Å². The fourth-order valence-corrected chi connectivity index (χ4v) is 1.57. The number of nitrogens with one attached hydrogen (secondary N) is 2. The topological polar surface area (TPSA) is 91.3 Å². The maximum Gasteiger partial charge on any atom is 0.326 e. The van der Waals surface area contributed by atoms with Crippen LogP contribution >= 0.6 is 0 Å². The summed E-state index contributed by atoms with van der Waals surface area (Å²) in [6.45, 7) is 5.64. The van der Waals surface area contributed by atoms with E-state index >= 15 is 0 Å². The first kappa shape index (κ1) is 14.9. The highest BCUT2D eigenvalue weighted by Crippen LogP contribution is 2.03. The lowest BCUT2D eigenvalue weighted by Gasteiger charge is -2.18. The number of aliphatic carboxylic acids is 1. The molecule has 1 aromatic heterocycles. The molecule has 1 aromatic rings. The molecule has 0 radical (unpaired) electrons. The van der Waals surface area contributed by atoms with Crippen molar-refractivity contribution in [1.82, 2.24) is 15.6 Å². The summed E-state index contributed by atoms with van der Waals surface area (Å²) >= 11 is 0. The highest BCUT2D eigenvalue weighted by Gasteiger charge is 2.23. The summed E-state index contributed by atoms with van der Waals surface area (Å²) in [5.41, 5.74) is 1.73. The Balaban J connectivity index is 2.52. The molecule has 0 bridgehead atoms. The lowest BCUT2D eigenvalue weighted by atomic mass is 10.1. The van der Waals surface area contributed by atoms with E-state index in [1.54, 1.807) is 20.0 Å². The predicted molar refractivity (Wildman–Crippen MR) is 70.6 cm³/mol. The zero-order valence-corrected chi connectivity index (χ0v) is 11.3. The number of carbonyl (C=O) groups excluding carboxylic acids is 1. The van der Waals surface area contributed by atoms with Crippen molar-refractivity contribution in [2.24, 2.45) is 5.92 Å². The molecule has 0 aromatic carbocycles. The van der Waals surface area contributed by atoms with Crippen LogP contribution in [0.1, 0.15) is 25.1 Å². The highest BCUT2D eigenvalue weighted by molar-refractivity contribution is 5.82. The maximum absolute atomic E-state index is 11.6. The second kappa shape index (κ2) is 6.72. The van der Waals surface area contributed by atoms with Gasteiger partial charge in [-0.05, 0) is 24.5 Å². The third-order valence-corrected chi connectivity index (χ3v) is 2.75. The number of aromatic nitrogens is 1. The van der Waals surface area contributed by atoms with Crippen molar-refractivity contribution in [2.75, 3.05) is 0 Å². The van der Waals surface area contributed by atoms with Gasteiger partial charge in [-0.15, -0.1) is 0 Å². The summed E-state index contributed by atoms with van der Waals surface area (Å²) in [5.74, 6) is -1.22. The van der Waals surface area contributed by atoms with Crippen LogP contribution in [-0.2, 0) is 11.3 Å². The lowest BCUT2D eigenvalue weighted by molar-refractivity contribution is -0.140. The van der Waals surface area contributed by atoms with Crippen LogP contribution in [0.2, 0.25) is 0 Å². The van der Waals surface area contributed by atoms with E-state index < -0.39 is 18.0 Å². The highest BCUT2D eigenvalue weighted by atomic mass is 16.4. The molecule has 19 heavy (non-hydrogen) atoms. The summed E-state index contributed by atoms with van der Waals surface area (Å²) < 4.78 is 0. The van der Waals surface area contributed by atoms with Gasteiger partial charge in [-0.1, -0.05) is 19.9 Å². The van der Waals surface area contributed by atoms with Crippen LogP contribution in [0.5, 0.6) is 0 Å². The minimum absolute atomic E-state index is 0.181. The summed E-state index contributed by atoms with van der Waals surface area (Å²) in [7, 11) is 0. The molecule has 0 aliphatic rings. The predicted octanol–water partition coefficient (Wildman–Crippen LogP) is 1.30. The molecule has 0 aliphatic heterocycles. The molecule has 6 nitrogen and oxygen atoms in total. The average Bonchev–Trinajstić information content (AvgIpc) is 2.34. The van der Waals surface area contributed by atoms with Crippen molar-refractivity contribution in [1.29, 1.82) is 0 Å². The van der Waals surface area contributed by atoms with Gasteiger partial charge in [0.05, 0.1) is 12.2 Å². The Morgan fingerprint density at radius 3 is 2.63 bits per heavy atom. The van der Waals surface area contributed by atoms with Gasteiger partial charge in [0.1, 0.15) is 6.04 Å². The van der Waals surface area contributed by atoms with Crippen molar-refractivity contribution in [3.63, 3.8) is 0 Å². The molecule has 2 amide bonds. The molecule has 104 valence electrons. The molecule has 1 heterocycles. The lowest BCUT2D eigenvalue weighted by Crippen LogP contribution is -2.48. The second-order valence-corrected chi connectivity index (χ2v) is 4.65. The molecule has 1 rings (SSSR count). The molecule has 0 unspecified atom stereocenters. The fraction of sp³-hybridized carbons (Fsp3) is 0.462. The van der Waals surface area contributed by atoms with Crippen molar-refractivity contribution in [3.8, 4) is 0 Å². The van der Waals surface area contributed by atoms with Gasteiger partial charge in [0.25, 0.3) is 0 Å². The van der Waals surface area contributed by atoms with Gasteiger partial charge in [-0.2, -0.15) is 0 Å². The summed E-state index contributed by atoms with van der Waals surface area (Å²) in [6, 6.07) is 2.31. The number of urea groups is 1. The third kappa shape index (κ3) is 4.57. The van der Waals surface area contributed by atoms with Crippen molar-refractivity contribution < 1.29 is 14.7 Å². The number of rotatable bonds is 5. The van der Waals surface area contributed by atoms with Crippen LogP contribution in [0.25, 0.3) is 0 Å². The number of carbonyl (C=O) groups is 2. The number of nitrogens with zero attached hydrogens (tertiary/aromatic N) is 1. The molecule has 0 saturated carbocycles. The molecule has 3 N–H and O–H groups in total. The number of hydrogen-bond donors (Lipinski definition) is 3. The zero-order chi connectivity index (χ0) is 14.4. The van der Waals surface area contributed by atoms with Crippen molar-refractivity contribution >= 4 is 12.0 Å². The van der Waals surface area contributed by atoms with Crippen molar-refractivity contribution in [2.45, 2.75) is 33.4 Å². The number of carboxylic acids is 1. The molecule has 0 fully saturated rings. The minimum Gasteiger partial charge on any atom is -0.480 e. The van der Waals surface area contributed by atoms with E-state index in [9.17, 15) is 9.59 Å². The van der Waals surface area contributed by atoms with Gasteiger partial charge in [0, 0.05) is 6.20 Å². The normalized spacial score (nSPS) is 12.0. The van der Waals surface area contributed by atoms with Crippen LogP contribution in [0.3, 0.4) is 0 Å². The maximum atomic E-state index is 11.6. The number of pyridine rings is 1. The first-order chi connectivity index (χ1) is 8.91. The van der Waals surface area contributed by atoms with Gasteiger partial charge in [-0.25, -0.2) is 9.59 Å². The quantitative estimate of drug-likeness (QED) is 0.748. The molecular weight excluding hydrogens is 246 g/mol. The Kier molecular flexibility index (Phi) is 5.29. The Morgan fingerprint density at radius 2 is 2.11 bits per heavy atom. The number of amides is 2. The van der Waals surface area contributed by atoms with E-state index in [2.05, 4.69) is 15.6 Å². The summed E-state index contributed by atoms with van der Waals surface area (Å²) in [6.07, 6.45) is 1.65. The standard InChI is InChI=1S/C13H19N3O3/c1-8(2)11(12(17)18)16-13(19)15-7-10-9(3)5-4-6-14-10/h4-6,8,11H,7H2,1-3H3,(H,17,18)(H2,15,16,19)/t11-/m1/s1. The number of aryl methyl sites for hydroxylation is 1. The minimum atomic E-state index is -1.04. The van der Waals surface area contributed by atoms with Crippen LogP contribution in [0.15, 0.2) is 18.3 Å². The monoisotopic (exact) mass is 265 g/mol. The van der Waals surface area contributed by atoms with Gasteiger partial charge < -0.3 is 15.7 Å². The zero-order valence-electron chi connectivity index (χ0n) is 11.3. The van der Waals surface area contributed by atoms with E-state index in [0.717, 1.165) is 11.3 Å². The molecule has 6 heteroatoms. The average molecular weight is 265 g/mol. The number of carboxylic acid groups (broad SMARTS) is 1. The summed E-state index contributed by atoms with van der Waals surface area (Å²) in [4.78, 5) is 26.7. The molecule has 0 saturated heterocycles. The largest absolute Gasteiger partial charge is 0.480 e. The smallest absolute Gasteiger partial charge is 0.326 e. The van der Waals surface area contributed by atoms with Crippen LogP contribution in [-0.4, -0.2) is 28.1 Å². The van der Waals surface area contributed by atoms with E-state index in [1.165, 1.54) is 0 Å². The second-order valence-electron chi connectivity index (χ2n) is 4.65. The molecule has 0 spiro atoms. The van der Waals surface area contributed by atoms with Crippen molar-refractivity contribution in [3.05, 3.63) is 29.6 Å². The summed E-state index contributed by atoms with van der Waals surface area (Å²) in [5, 5.41) is 14.0. The van der Waals surface area contributed by atoms with E-state index in [-0.39, 0.29) is 12.5 Å². The van der Waals surface area contributed by atoms with Gasteiger partial charge in [-0.3, -0.25) is 4.98 Å². The Labute approximate surface area is 112 Å². The Bertz CT molecular complexity index is 460. The fourth-order valence-electron chi connectivity index (χ4n) is 1.57. The molecule has 0 aliphatic carbocycles. The third-order valence-electron chi connectivity index (χ3n) is 2.75. The van der Waals surface area contributed by atoms with Gasteiger partial charge >= 0.3 is 12.0 Å². The van der Waals surface area contributed by atoms with E-state index in [1.807, 2.05) is 19.1 Å². The molecular formula is C13H19N3O3. The first-order valence-corrected chi connectivity index (χ1v) is 6.09. The Morgan fingerprint density at radius 1 is 1.42 bits per heavy atom. The van der Waals surface area contributed by atoms with E-state index in [0.29, 0.717) is 0 Å². The van der Waals surface area contributed by atoms with Crippen LogP contribution < -0.4 is 10.6 Å². The molecule has 1 atom stereocenters. The number of hydrogen-bond acceptors (Lipinski definition) is 3. The van der Waals surface area contributed by atoms with E-state index in [4.69, 9.17) is 5.11 Å². The Hall–Kier alpha value is -2.11. The first-order valence-electron chi connectivity index (χ1n) is 6.09. The van der Waals surface area contributed by atoms with Gasteiger partial charge in [0.15, 0.2) is 0 Å². The van der Waals surface area contributed by atoms with Crippen LogP contribution in [0.4, 0.5) is 4.79 Å². The van der Waals surface area contributed by atoms with Gasteiger partial charge in [0.2, 0.25) is 0 Å². The SMILES string of the molecule is Cc1cccnc1CNC(=O)N[C@@H](C(=O)O)C(C)C.